The molecule has 0 radical (unpaired) electrons. The lowest BCUT2D eigenvalue weighted by Crippen LogP contribution is -2.43. The topological polar surface area (TPSA) is 110 Å². The molecule has 0 spiro atoms. The molecule has 1 aliphatic heterocycles. The van der Waals surface area contributed by atoms with Gasteiger partial charge in [-0.2, -0.15) is 0 Å². The van der Waals surface area contributed by atoms with E-state index in [-0.39, 0.29) is 29.0 Å². The van der Waals surface area contributed by atoms with Crippen LogP contribution in [0.15, 0.2) is 59.5 Å². The van der Waals surface area contributed by atoms with Gasteiger partial charge in [0.15, 0.2) is 9.84 Å². The van der Waals surface area contributed by atoms with Crippen LogP contribution in [0.5, 0.6) is 11.5 Å². The van der Waals surface area contributed by atoms with Crippen molar-refractivity contribution in [2.24, 2.45) is 5.73 Å². The van der Waals surface area contributed by atoms with Crippen molar-refractivity contribution in [3.8, 4) is 11.5 Å². The molecule has 1 unspecified atom stereocenters. The van der Waals surface area contributed by atoms with Crippen LogP contribution in [0.4, 0.5) is 0 Å². The number of aliphatic hydroxyl groups excluding tert-OH is 1. The Morgan fingerprint density at radius 2 is 1.53 bits per heavy atom. The minimum Gasteiger partial charge on any atom is -0.457 e. The van der Waals surface area contributed by atoms with Crippen LogP contribution in [-0.2, 0) is 14.6 Å². The van der Waals surface area contributed by atoms with Gasteiger partial charge in [-0.15, -0.1) is 12.4 Å². The van der Waals surface area contributed by atoms with Crippen molar-refractivity contribution in [3.63, 3.8) is 0 Å². The van der Waals surface area contributed by atoms with Gasteiger partial charge in [0.05, 0.1) is 10.6 Å². The average molecular weight is 457 g/mol. The fourth-order valence-corrected chi connectivity index (χ4v) is 4.30. The monoisotopic (exact) mass is 456 g/mol. The third kappa shape index (κ3) is 8.71. The Bertz CT molecular complexity index is 866. The second-order valence-corrected chi connectivity index (χ2v) is 8.89. The van der Waals surface area contributed by atoms with Crippen LogP contribution in [0.2, 0.25) is 0 Å². The van der Waals surface area contributed by atoms with Crippen molar-refractivity contribution in [3.05, 3.63) is 54.6 Å². The maximum absolute atomic E-state index is 12.5. The van der Waals surface area contributed by atoms with Crippen LogP contribution >= 0.6 is 12.4 Å². The number of hydrogen-bond acceptors (Lipinski definition) is 6. The third-order valence-corrected chi connectivity index (χ3v) is 6.07. The predicted molar refractivity (Wildman–Crippen MR) is 119 cm³/mol. The van der Waals surface area contributed by atoms with Crippen molar-refractivity contribution in [2.75, 3.05) is 18.8 Å². The Labute approximate surface area is 184 Å². The van der Waals surface area contributed by atoms with Crippen LogP contribution in [0.1, 0.15) is 26.2 Å². The summed E-state index contributed by atoms with van der Waals surface area (Å²) in [7, 11) is -3.55. The number of hydrogen-bond donors (Lipinski definition) is 2. The molecule has 0 aromatic heterocycles. The molecule has 2 aromatic rings. The zero-order chi connectivity index (χ0) is 21.3. The summed E-state index contributed by atoms with van der Waals surface area (Å²) in [5, 5.41) is 10.2. The van der Waals surface area contributed by atoms with Crippen LogP contribution in [0, 0.1) is 0 Å². The molecule has 2 aromatic carbocycles. The van der Waals surface area contributed by atoms with E-state index in [2.05, 4.69) is 5.73 Å². The first-order chi connectivity index (χ1) is 13.8. The number of nitrogens with zero attached hydrogens (tertiary/aromatic N) is 1. The van der Waals surface area contributed by atoms with E-state index in [1.807, 2.05) is 35.2 Å². The molecule has 0 aliphatic carbocycles. The van der Waals surface area contributed by atoms with Gasteiger partial charge in [0.2, 0.25) is 5.91 Å². The van der Waals surface area contributed by atoms with Crippen LogP contribution < -0.4 is 10.5 Å². The summed E-state index contributed by atoms with van der Waals surface area (Å²) in [5.41, 5.74) is 4.47. The van der Waals surface area contributed by atoms with Crippen molar-refractivity contribution in [1.82, 2.24) is 4.90 Å². The first-order valence-corrected chi connectivity index (χ1v) is 11.2. The standard InChI is InChI=1S/C19H23NO4S.C2H5NO.ClH/c21-19(20-13-5-2-6-14-20)15-25(22,23)18-11-9-17(10-12-18)24-16-7-3-1-4-8-16;1-2(3)4;/h1,3-4,7-12,19,21H,2,5-6,13-15H2;1H3,(H2,3,4);1H. The summed E-state index contributed by atoms with van der Waals surface area (Å²) in [6, 6.07) is 15.6. The van der Waals surface area contributed by atoms with Crippen LogP contribution in [0.3, 0.4) is 0 Å². The Kier molecular flexibility index (Phi) is 10.8. The van der Waals surface area contributed by atoms with Gasteiger partial charge in [-0.25, -0.2) is 8.42 Å². The number of sulfone groups is 1. The van der Waals surface area contributed by atoms with Crippen molar-refractivity contribution in [1.29, 1.82) is 0 Å². The number of carbonyl (C=O) groups excluding carboxylic acids is 1. The number of amides is 1. The van der Waals surface area contributed by atoms with Gasteiger partial charge in [0, 0.05) is 20.0 Å². The molecule has 7 nitrogen and oxygen atoms in total. The lowest BCUT2D eigenvalue weighted by Gasteiger charge is -2.30. The van der Waals surface area contributed by atoms with E-state index in [1.54, 1.807) is 12.1 Å². The smallest absolute Gasteiger partial charge is 0.214 e. The zero-order valence-corrected chi connectivity index (χ0v) is 18.6. The molecule has 1 heterocycles. The first-order valence-electron chi connectivity index (χ1n) is 9.52. The number of aliphatic hydroxyl groups is 1. The van der Waals surface area contributed by atoms with E-state index in [9.17, 15) is 18.3 Å². The molecule has 1 saturated heterocycles. The van der Waals surface area contributed by atoms with E-state index >= 15 is 0 Å². The Balaban J connectivity index is 0.000000827. The highest BCUT2D eigenvalue weighted by atomic mass is 35.5. The number of para-hydroxylation sites is 1. The van der Waals surface area contributed by atoms with Gasteiger partial charge < -0.3 is 15.6 Å². The van der Waals surface area contributed by atoms with Gasteiger partial charge in [-0.05, 0) is 49.2 Å². The van der Waals surface area contributed by atoms with Crippen molar-refractivity contribution in [2.45, 2.75) is 37.3 Å². The molecule has 1 fully saturated rings. The van der Waals surface area contributed by atoms with Gasteiger partial charge >= 0.3 is 0 Å². The lowest BCUT2D eigenvalue weighted by atomic mass is 10.1. The summed E-state index contributed by atoms with van der Waals surface area (Å²) in [5.74, 6) is 0.645. The zero-order valence-electron chi connectivity index (χ0n) is 16.9. The fraction of sp³-hybridized carbons (Fsp3) is 0.381. The van der Waals surface area contributed by atoms with Crippen molar-refractivity contribution < 1.29 is 23.1 Å². The molecule has 0 bridgehead atoms. The minimum absolute atomic E-state index is 0. The predicted octanol–water partition coefficient (Wildman–Crippen LogP) is 2.97. The Hall–Kier alpha value is -2.13. The van der Waals surface area contributed by atoms with Crippen molar-refractivity contribution >= 4 is 28.2 Å². The SMILES string of the molecule is CC(N)=O.Cl.O=S(=O)(CC(O)N1CCCCC1)c1ccc(Oc2ccccc2)cc1. The van der Waals surface area contributed by atoms with E-state index in [1.165, 1.54) is 19.1 Å². The summed E-state index contributed by atoms with van der Waals surface area (Å²) in [4.78, 5) is 11.3. The Morgan fingerprint density at radius 3 is 2.07 bits per heavy atom. The van der Waals surface area contributed by atoms with Gasteiger partial charge in [-0.1, -0.05) is 24.6 Å². The molecule has 3 rings (SSSR count). The molecule has 0 saturated carbocycles. The second kappa shape index (κ2) is 12.5. The number of ether oxygens (including phenoxy) is 1. The Morgan fingerprint density at radius 1 is 1.03 bits per heavy atom. The highest BCUT2D eigenvalue weighted by Gasteiger charge is 2.25. The van der Waals surface area contributed by atoms with Crippen LogP contribution in [0.25, 0.3) is 0 Å². The lowest BCUT2D eigenvalue weighted by molar-refractivity contribution is -0.115. The third-order valence-electron chi connectivity index (χ3n) is 4.34. The number of likely N-dealkylation sites (tertiary alicyclic amines) is 1. The number of benzene rings is 2. The quantitative estimate of drug-likeness (QED) is 0.691. The van der Waals surface area contributed by atoms with E-state index in [0.29, 0.717) is 11.5 Å². The number of rotatable bonds is 6. The van der Waals surface area contributed by atoms with E-state index in [0.717, 1.165) is 32.4 Å². The average Bonchev–Trinajstić information content (AvgIpc) is 2.69. The number of halogens is 1. The molecular weight excluding hydrogens is 428 g/mol. The van der Waals surface area contributed by atoms with Crippen LogP contribution in [-0.4, -0.2) is 49.4 Å². The molecule has 1 atom stereocenters. The number of piperidine rings is 1. The minimum atomic E-state index is -3.55. The first kappa shape index (κ1) is 25.9. The van der Waals surface area contributed by atoms with E-state index in [4.69, 9.17) is 4.74 Å². The molecule has 3 N–H and O–H groups in total. The highest BCUT2D eigenvalue weighted by molar-refractivity contribution is 7.91. The molecule has 9 heteroatoms. The number of carbonyl (C=O) groups is 1. The second-order valence-electron chi connectivity index (χ2n) is 6.86. The maximum atomic E-state index is 12.5. The summed E-state index contributed by atoms with van der Waals surface area (Å²) < 4.78 is 30.7. The molecule has 1 aliphatic rings. The highest BCUT2D eigenvalue weighted by Crippen LogP contribution is 2.23. The van der Waals surface area contributed by atoms with E-state index < -0.39 is 16.1 Å². The normalized spacial score (nSPS) is 15.1. The van der Waals surface area contributed by atoms with Gasteiger partial charge in [0.1, 0.15) is 17.7 Å². The number of primary amides is 1. The summed E-state index contributed by atoms with van der Waals surface area (Å²) in [6.45, 7) is 2.81. The van der Waals surface area contributed by atoms with Gasteiger partial charge in [0.25, 0.3) is 0 Å². The maximum Gasteiger partial charge on any atom is 0.214 e. The van der Waals surface area contributed by atoms with Gasteiger partial charge in [-0.3, -0.25) is 9.69 Å². The largest absolute Gasteiger partial charge is 0.457 e. The molecule has 30 heavy (non-hydrogen) atoms. The summed E-state index contributed by atoms with van der Waals surface area (Å²) in [6.07, 6.45) is 2.19. The summed E-state index contributed by atoms with van der Waals surface area (Å²) >= 11 is 0. The number of nitrogens with two attached hydrogens (primary N) is 1. The molecule has 166 valence electrons. The fourth-order valence-electron chi connectivity index (χ4n) is 2.95. The molecular formula is C21H29ClN2O5S. The molecule has 1 amide bonds.